The number of nitrogens with zero attached hydrogens (tertiary/aromatic N) is 4. The molecule has 0 N–H and O–H groups in total. The number of anilines is 1. The maximum absolute atomic E-state index is 13.5. The molecule has 3 heterocycles. The molecule has 0 bridgehead atoms. The molecule has 2 amide bonds. The van der Waals surface area contributed by atoms with Gasteiger partial charge in [-0.3, -0.25) is 9.59 Å². The Labute approximate surface area is 166 Å². The summed E-state index contributed by atoms with van der Waals surface area (Å²) in [5.74, 6) is 0.268. The number of hydrogen-bond acceptors (Lipinski definition) is 3. The third-order valence-corrected chi connectivity index (χ3v) is 5.92. The van der Waals surface area contributed by atoms with Crippen molar-refractivity contribution < 1.29 is 9.59 Å². The molecule has 0 saturated carbocycles. The van der Waals surface area contributed by atoms with Crippen molar-refractivity contribution in [2.24, 2.45) is 0 Å². The van der Waals surface area contributed by atoms with Crippen LogP contribution in [0.2, 0.25) is 0 Å². The van der Waals surface area contributed by atoms with Crippen molar-refractivity contribution in [2.75, 3.05) is 24.5 Å². The van der Waals surface area contributed by atoms with Gasteiger partial charge in [0.2, 0.25) is 5.82 Å². The van der Waals surface area contributed by atoms with E-state index in [0.717, 1.165) is 50.0 Å². The number of carbonyl (C=O) groups is 2. The summed E-state index contributed by atoms with van der Waals surface area (Å²) in [5.41, 5.74) is 3.57. The quantitative estimate of drug-likeness (QED) is 0.818. The maximum Gasteiger partial charge on any atom is 0.294 e. The summed E-state index contributed by atoms with van der Waals surface area (Å²) in [6.07, 6.45) is 4.79. The first kappa shape index (κ1) is 18.7. The van der Waals surface area contributed by atoms with E-state index in [4.69, 9.17) is 0 Å². The van der Waals surface area contributed by atoms with Gasteiger partial charge in [-0.2, -0.15) is 0 Å². The van der Waals surface area contributed by atoms with E-state index in [-0.39, 0.29) is 11.8 Å². The minimum atomic E-state index is -0.0890. The Morgan fingerprint density at radius 1 is 1.04 bits per heavy atom. The van der Waals surface area contributed by atoms with Crippen molar-refractivity contribution in [1.29, 1.82) is 0 Å². The van der Waals surface area contributed by atoms with Gasteiger partial charge in [-0.1, -0.05) is 18.2 Å². The van der Waals surface area contributed by atoms with Gasteiger partial charge in [-0.25, -0.2) is 4.98 Å². The average molecular weight is 380 g/mol. The van der Waals surface area contributed by atoms with Crippen molar-refractivity contribution >= 4 is 17.5 Å². The smallest absolute Gasteiger partial charge is 0.294 e. The predicted molar refractivity (Wildman–Crippen MR) is 109 cm³/mol. The van der Waals surface area contributed by atoms with Crippen LogP contribution in [0.3, 0.4) is 0 Å². The van der Waals surface area contributed by atoms with Crippen LogP contribution in [-0.4, -0.2) is 45.9 Å². The summed E-state index contributed by atoms with van der Waals surface area (Å²) in [4.78, 5) is 34.8. The maximum atomic E-state index is 13.5. The number of aryl methyl sites for hydroxylation is 1. The number of benzene rings is 1. The van der Waals surface area contributed by atoms with Gasteiger partial charge < -0.3 is 14.4 Å². The first-order valence-corrected chi connectivity index (χ1v) is 10.4. The number of aromatic nitrogens is 2. The fourth-order valence-electron chi connectivity index (χ4n) is 4.40. The Balaban J connectivity index is 1.74. The van der Waals surface area contributed by atoms with Crippen molar-refractivity contribution in [3.8, 4) is 0 Å². The Bertz CT molecular complexity index is 898. The van der Waals surface area contributed by atoms with Crippen LogP contribution in [-0.2, 0) is 19.4 Å². The van der Waals surface area contributed by atoms with E-state index < -0.39 is 0 Å². The lowest BCUT2D eigenvalue weighted by molar-refractivity contribution is 0.0766. The molecule has 28 heavy (non-hydrogen) atoms. The van der Waals surface area contributed by atoms with E-state index >= 15 is 0 Å². The van der Waals surface area contributed by atoms with Gasteiger partial charge in [0.05, 0.1) is 5.69 Å². The lowest BCUT2D eigenvalue weighted by Crippen LogP contribution is -2.37. The summed E-state index contributed by atoms with van der Waals surface area (Å²) < 4.78 is 2.00. The minimum absolute atomic E-state index is 0.0613. The monoisotopic (exact) mass is 380 g/mol. The molecule has 0 radical (unpaired) electrons. The molecule has 0 spiro atoms. The van der Waals surface area contributed by atoms with E-state index in [9.17, 15) is 9.59 Å². The van der Waals surface area contributed by atoms with Crippen molar-refractivity contribution in [3.05, 3.63) is 47.0 Å². The van der Waals surface area contributed by atoms with Gasteiger partial charge in [0, 0.05) is 31.9 Å². The van der Waals surface area contributed by atoms with Crippen LogP contribution in [0.15, 0.2) is 24.3 Å². The number of fused-ring (bicyclic) bond motifs is 2. The van der Waals surface area contributed by atoms with Gasteiger partial charge in [-0.05, 0) is 57.6 Å². The molecule has 2 aromatic rings. The highest BCUT2D eigenvalue weighted by atomic mass is 16.2. The lowest BCUT2D eigenvalue weighted by atomic mass is 10.0. The highest BCUT2D eigenvalue weighted by Gasteiger charge is 2.32. The highest BCUT2D eigenvalue weighted by Crippen LogP contribution is 2.29. The largest absolute Gasteiger partial charge is 0.338 e. The van der Waals surface area contributed by atoms with Gasteiger partial charge >= 0.3 is 0 Å². The van der Waals surface area contributed by atoms with Crippen LogP contribution in [0, 0.1) is 0 Å². The molecule has 6 heteroatoms. The van der Waals surface area contributed by atoms with E-state index in [0.29, 0.717) is 31.2 Å². The molecule has 0 fully saturated rings. The number of rotatable bonds is 4. The zero-order valence-electron chi connectivity index (χ0n) is 16.8. The van der Waals surface area contributed by atoms with Crippen molar-refractivity contribution in [3.63, 3.8) is 0 Å². The Hall–Kier alpha value is -2.63. The minimum Gasteiger partial charge on any atom is -0.338 e. The summed E-state index contributed by atoms with van der Waals surface area (Å²) in [7, 11) is 0. The molecular formula is C22H28N4O2. The average Bonchev–Trinajstić information content (AvgIpc) is 3.13. The topological polar surface area (TPSA) is 58.4 Å². The molecule has 0 saturated heterocycles. The molecule has 0 unspecified atom stereocenters. The molecule has 6 nitrogen and oxygen atoms in total. The van der Waals surface area contributed by atoms with Crippen molar-refractivity contribution in [2.45, 2.75) is 52.5 Å². The second-order valence-electron chi connectivity index (χ2n) is 7.51. The van der Waals surface area contributed by atoms with Gasteiger partial charge in [0.1, 0.15) is 5.69 Å². The Morgan fingerprint density at radius 3 is 2.61 bits per heavy atom. The Morgan fingerprint density at radius 2 is 1.82 bits per heavy atom. The normalized spacial score (nSPS) is 15.7. The molecule has 4 rings (SSSR count). The molecule has 2 aliphatic rings. The molecular weight excluding hydrogens is 352 g/mol. The van der Waals surface area contributed by atoms with Crippen LogP contribution in [0.4, 0.5) is 5.69 Å². The van der Waals surface area contributed by atoms with Crippen LogP contribution < -0.4 is 4.90 Å². The van der Waals surface area contributed by atoms with Crippen LogP contribution in [0.5, 0.6) is 0 Å². The van der Waals surface area contributed by atoms with Crippen LogP contribution in [0.1, 0.15) is 65.5 Å². The predicted octanol–water partition coefficient (Wildman–Crippen LogP) is 3.29. The van der Waals surface area contributed by atoms with E-state index in [2.05, 4.69) is 11.1 Å². The Kier molecular flexibility index (Phi) is 5.20. The van der Waals surface area contributed by atoms with Crippen molar-refractivity contribution in [1.82, 2.24) is 14.5 Å². The SMILES string of the molecule is CCN(CC)C(=O)c1nc(C(=O)N2CCCc3ccccc32)n2c1CCCC2. The van der Waals surface area contributed by atoms with Crippen LogP contribution >= 0.6 is 0 Å². The summed E-state index contributed by atoms with van der Waals surface area (Å²) in [5, 5.41) is 0. The van der Waals surface area contributed by atoms with Crippen LogP contribution in [0.25, 0.3) is 0 Å². The van der Waals surface area contributed by atoms with E-state index in [1.807, 2.05) is 41.5 Å². The number of amides is 2. The number of carbonyl (C=O) groups excluding carboxylic acids is 2. The summed E-state index contributed by atoms with van der Waals surface area (Å²) in [6, 6.07) is 8.09. The molecule has 0 atom stereocenters. The summed E-state index contributed by atoms with van der Waals surface area (Å²) in [6.45, 7) is 6.68. The highest BCUT2D eigenvalue weighted by molar-refractivity contribution is 6.06. The molecule has 0 aliphatic carbocycles. The molecule has 148 valence electrons. The fraction of sp³-hybridized carbons (Fsp3) is 0.500. The standard InChI is InChI=1S/C22H28N4O2/c1-3-24(4-2)21(27)19-18-13-7-8-14-25(18)20(23-19)22(28)26-15-9-11-16-10-5-6-12-17(16)26/h5-6,10,12H,3-4,7-9,11,13-15H2,1-2H3. The lowest BCUT2D eigenvalue weighted by Gasteiger charge is -2.29. The second-order valence-corrected chi connectivity index (χ2v) is 7.51. The van der Waals surface area contributed by atoms with Gasteiger partial charge in [-0.15, -0.1) is 0 Å². The zero-order valence-corrected chi connectivity index (χ0v) is 16.8. The fourth-order valence-corrected chi connectivity index (χ4v) is 4.40. The van der Waals surface area contributed by atoms with Gasteiger partial charge in [0.15, 0.2) is 0 Å². The van der Waals surface area contributed by atoms with Gasteiger partial charge in [0.25, 0.3) is 11.8 Å². The molecule has 1 aromatic carbocycles. The van der Waals surface area contributed by atoms with E-state index in [1.54, 1.807) is 4.90 Å². The number of imidazole rings is 1. The number of para-hydroxylation sites is 1. The zero-order chi connectivity index (χ0) is 19.7. The molecule has 1 aromatic heterocycles. The summed E-state index contributed by atoms with van der Waals surface area (Å²) >= 11 is 0. The number of hydrogen-bond donors (Lipinski definition) is 0. The second kappa shape index (κ2) is 7.78. The first-order valence-electron chi connectivity index (χ1n) is 10.4. The van der Waals surface area contributed by atoms with E-state index in [1.165, 1.54) is 5.56 Å². The molecule has 2 aliphatic heterocycles. The third-order valence-electron chi connectivity index (χ3n) is 5.92. The third kappa shape index (κ3) is 3.11. The first-order chi connectivity index (χ1) is 13.7.